The number of hydrogen-bond acceptors (Lipinski definition) is 3. The molecule has 1 N–H and O–H groups in total. The highest BCUT2D eigenvalue weighted by Crippen LogP contribution is 2.31. The van der Waals surface area contributed by atoms with Crippen LogP contribution in [0.4, 0.5) is 0 Å². The van der Waals surface area contributed by atoms with E-state index in [0.29, 0.717) is 21.7 Å². The lowest BCUT2D eigenvalue weighted by Gasteiger charge is -2.09. The molecule has 0 saturated heterocycles. The monoisotopic (exact) mass is 290 g/mol. The SMILES string of the molecule is COC(=O)c1ccc(Cl)c(-c2ccccc2C(=O)O)c1. The van der Waals surface area contributed by atoms with Crippen LogP contribution in [0.25, 0.3) is 11.1 Å². The second kappa shape index (κ2) is 5.75. The molecule has 0 aliphatic heterocycles. The third kappa shape index (κ3) is 2.65. The van der Waals surface area contributed by atoms with Crippen LogP contribution < -0.4 is 0 Å². The number of carbonyl (C=O) groups excluding carboxylic acids is 1. The number of rotatable bonds is 3. The number of carbonyl (C=O) groups is 2. The molecule has 0 unspecified atom stereocenters. The maximum absolute atomic E-state index is 11.5. The van der Waals surface area contributed by atoms with Crippen LogP contribution in [0.3, 0.4) is 0 Å². The lowest BCUT2D eigenvalue weighted by Crippen LogP contribution is -2.03. The molecule has 0 amide bonds. The Kier molecular flexibility index (Phi) is 4.05. The predicted octanol–water partition coefficient (Wildman–Crippen LogP) is 3.49. The third-order valence-electron chi connectivity index (χ3n) is 2.84. The number of esters is 1. The Balaban J connectivity index is 2.63. The summed E-state index contributed by atoms with van der Waals surface area (Å²) >= 11 is 6.11. The Labute approximate surface area is 120 Å². The second-order valence-corrected chi connectivity index (χ2v) is 4.44. The molecular weight excluding hydrogens is 280 g/mol. The van der Waals surface area contributed by atoms with Gasteiger partial charge in [0.05, 0.1) is 18.2 Å². The zero-order chi connectivity index (χ0) is 14.7. The van der Waals surface area contributed by atoms with E-state index in [1.54, 1.807) is 24.3 Å². The summed E-state index contributed by atoms with van der Waals surface area (Å²) < 4.78 is 4.65. The second-order valence-electron chi connectivity index (χ2n) is 4.04. The van der Waals surface area contributed by atoms with Gasteiger partial charge in [-0.25, -0.2) is 9.59 Å². The fourth-order valence-electron chi connectivity index (χ4n) is 1.88. The lowest BCUT2D eigenvalue weighted by atomic mass is 9.98. The largest absolute Gasteiger partial charge is 0.478 e. The van der Waals surface area contributed by atoms with E-state index in [0.717, 1.165) is 0 Å². The van der Waals surface area contributed by atoms with Crippen molar-refractivity contribution in [3.05, 3.63) is 58.6 Å². The number of carboxylic acid groups (broad SMARTS) is 1. The molecule has 20 heavy (non-hydrogen) atoms. The number of benzene rings is 2. The van der Waals surface area contributed by atoms with Crippen molar-refractivity contribution < 1.29 is 19.4 Å². The van der Waals surface area contributed by atoms with E-state index < -0.39 is 11.9 Å². The van der Waals surface area contributed by atoms with E-state index in [1.807, 2.05) is 0 Å². The molecule has 0 aromatic heterocycles. The number of halogens is 1. The summed E-state index contributed by atoms with van der Waals surface area (Å²) in [6.45, 7) is 0. The minimum atomic E-state index is -1.06. The summed E-state index contributed by atoms with van der Waals surface area (Å²) in [5.41, 5.74) is 1.37. The van der Waals surface area contributed by atoms with Gasteiger partial charge in [-0.1, -0.05) is 29.8 Å². The quantitative estimate of drug-likeness (QED) is 0.879. The summed E-state index contributed by atoms with van der Waals surface area (Å²) in [5.74, 6) is -1.56. The lowest BCUT2D eigenvalue weighted by molar-refractivity contribution is 0.0600. The number of aromatic carboxylic acids is 1. The van der Waals surface area contributed by atoms with Crippen LogP contribution in [0.15, 0.2) is 42.5 Å². The van der Waals surface area contributed by atoms with E-state index in [2.05, 4.69) is 4.74 Å². The van der Waals surface area contributed by atoms with Crippen LogP contribution in [-0.4, -0.2) is 24.2 Å². The van der Waals surface area contributed by atoms with Crippen LogP contribution in [0, 0.1) is 0 Å². The summed E-state index contributed by atoms with van der Waals surface area (Å²) in [6, 6.07) is 11.1. The van der Waals surface area contributed by atoms with Gasteiger partial charge in [0.1, 0.15) is 0 Å². The molecule has 0 spiro atoms. The highest BCUT2D eigenvalue weighted by Gasteiger charge is 2.15. The van der Waals surface area contributed by atoms with E-state index in [1.165, 1.54) is 25.3 Å². The standard InChI is InChI=1S/C15H11ClO4/c1-20-15(19)9-6-7-13(16)12(8-9)10-4-2-3-5-11(10)14(17)18/h2-8H,1H3,(H,17,18). The zero-order valence-corrected chi connectivity index (χ0v) is 11.3. The minimum Gasteiger partial charge on any atom is -0.478 e. The first-order valence-corrected chi connectivity index (χ1v) is 6.13. The van der Waals surface area contributed by atoms with Gasteiger partial charge in [0, 0.05) is 10.6 Å². The molecule has 0 bridgehead atoms. The Morgan fingerprint density at radius 2 is 1.80 bits per heavy atom. The summed E-state index contributed by atoms with van der Waals surface area (Å²) in [6.07, 6.45) is 0. The first kappa shape index (κ1) is 14.1. The first-order chi connectivity index (χ1) is 9.54. The van der Waals surface area contributed by atoms with Crippen LogP contribution in [0.1, 0.15) is 20.7 Å². The first-order valence-electron chi connectivity index (χ1n) is 5.75. The van der Waals surface area contributed by atoms with Crippen molar-refractivity contribution in [1.82, 2.24) is 0 Å². The summed E-state index contributed by atoms with van der Waals surface area (Å²) in [7, 11) is 1.28. The average molecular weight is 291 g/mol. The van der Waals surface area contributed by atoms with Crippen LogP contribution >= 0.6 is 11.6 Å². The van der Waals surface area contributed by atoms with Crippen molar-refractivity contribution >= 4 is 23.5 Å². The number of ether oxygens (including phenoxy) is 1. The molecule has 5 heteroatoms. The van der Waals surface area contributed by atoms with E-state index in [9.17, 15) is 14.7 Å². The number of methoxy groups -OCH3 is 1. The molecule has 0 fully saturated rings. The van der Waals surface area contributed by atoms with Gasteiger partial charge in [-0.2, -0.15) is 0 Å². The smallest absolute Gasteiger partial charge is 0.337 e. The van der Waals surface area contributed by atoms with Crippen LogP contribution in [0.5, 0.6) is 0 Å². The van der Waals surface area contributed by atoms with Gasteiger partial charge in [0.25, 0.3) is 0 Å². The fourth-order valence-corrected chi connectivity index (χ4v) is 2.10. The maximum atomic E-state index is 11.5. The molecule has 0 atom stereocenters. The Hall–Kier alpha value is -2.33. The van der Waals surface area contributed by atoms with Gasteiger partial charge >= 0.3 is 11.9 Å². The molecule has 0 aliphatic rings. The highest BCUT2D eigenvalue weighted by atomic mass is 35.5. The third-order valence-corrected chi connectivity index (χ3v) is 3.16. The van der Waals surface area contributed by atoms with E-state index in [-0.39, 0.29) is 5.56 Å². The van der Waals surface area contributed by atoms with Gasteiger partial charge < -0.3 is 9.84 Å². The maximum Gasteiger partial charge on any atom is 0.337 e. The summed E-state index contributed by atoms with van der Waals surface area (Å²) in [4.78, 5) is 22.8. The molecule has 0 heterocycles. The molecule has 0 saturated carbocycles. The average Bonchev–Trinajstić information content (AvgIpc) is 2.47. The van der Waals surface area contributed by atoms with Crippen molar-refractivity contribution in [2.24, 2.45) is 0 Å². The van der Waals surface area contributed by atoms with Crippen molar-refractivity contribution in [2.75, 3.05) is 7.11 Å². The van der Waals surface area contributed by atoms with Crippen LogP contribution in [-0.2, 0) is 4.74 Å². The van der Waals surface area contributed by atoms with Gasteiger partial charge in [-0.05, 0) is 29.8 Å². The van der Waals surface area contributed by atoms with Gasteiger partial charge in [0.2, 0.25) is 0 Å². The Bertz CT molecular complexity index is 679. The van der Waals surface area contributed by atoms with Gasteiger partial charge in [-0.3, -0.25) is 0 Å². The van der Waals surface area contributed by atoms with Gasteiger partial charge in [-0.15, -0.1) is 0 Å². The van der Waals surface area contributed by atoms with Crippen molar-refractivity contribution in [1.29, 1.82) is 0 Å². The Morgan fingerprint density at radius 3 is 2.45 bits per heavy atom. The van der Waals surface area contributed by atoms with Crippen molar-refractivity contribution in [3.8, 4) is 11.1 Å². The number of hydrogen-bond donors (Lipinski definition) is 1. The van der Waals surface area contributed by atoms with Gasteiger partial charge in [0.15, 0.2) is 0 Å². The summed E-state index contributed by atoms with van der Waals surface area (Å²) in [5, 5.41) is 9.57. The molecular formula is C15H11ClO4. The molecule has 2 rings (SSSR count). The zero-order valence-electron chi connectivity index (χ0n) is 10.6. The molecule has 4 nitrogen and oxygen atoms in total. The highest BCUT2D eigenvalue weighted by molar-refractivity contribution is 6.33. The number of carboxylic acids is 1. The van der Waals surface area contributed by atoms with Crippen LogP contribution in [0.2, 0.25) is 5.02 Å². The van der Waals surface area contributed by atoms with Crippen molar-refractivity contribution in [3.63, 3.8) is 0 Å². The Morgan fingerprint density at radius 1 is 1.10 bits per heavy atom. The molecule has 0 radical (unpaired) electrons. The van der Waals surface area contributed by atoms with E-state index >= 15 is 0 Å². The fraction of sp³-hybridized carbons (Fsp3) is 0.0667. The molecule has 2 aromatic rings. The molecule has 102 valence electrons. The predicted molar refractivity (Wildman–Crippen MR) is 75.2 cm³/mol. The topological polar surface area (TPSA) is 63.6 Å². The molecule has 0 aliphatic carbocycles. The normalized spacial score (nSPS) is 10.1. The van der Waals surface area contributed by atoms with Crippen molar-refractivity contribution in [2.45, 2.75) is 0 Å². The molecule has 2 aromatic carbocycles. The minimum absolute atomic E-state index is 0.122. The van der Waals surface area contributed by atoms with E-state index in [4.69, 9.17) is 11.6 Å².